The molecule has 0 radical (unpaired) electrons. The summed E-state index contributed by atoms with van der Waals surface area (Å²) in [6.45, 7) is 7.36. The molecule has 0 heterocycles. The summed E-state index contributed by atoms with van der Waals surface area (Å²) in [5, 5.41) is 2.90. The van der Waals surface area contributed by atoms with Crippen molar-refractivity contribution in [3.8, 4) is 5.75 Å². The second kappa shape index (κ2) is 10.5. The molecule has 1 amide bonds. The summed E-state index contributed by atoms with van der Waals surface area (Å²) in [6, 6.07) is 7.89. The van der Waals surface area contributed by atoms with Gasteiger partial charge in [0.05, 0.1) is 6.61 Å². The number of ether oxygens (including phenoxy) is 1. The third-order valence-corrected chi connectivity index (χ3v) is 2.80. The van der Waals surface area contributed by atoms with Crippen molar-refractivity contribution in [3.63, 3.8) is 0 Å². The van der Waals surface area contributed by atoms with Gasteiger partial charge >= 0.3 is 0 Å². The molecule has 1 rings (SSSR count). The first kappa shape index (κ1) is 19.7. The molecule has 1 atom stereocenters. The van der Waals surface area contributed by atoms with Crippen molar-refractivity contribution in [1.29, 1.82) is 0 Å². The van der Waals surface area contributed by atoms with E-state index < -0.39 is 0 Å². The van der Waals surface area contributed by atoms with Crippen LogP contribution in [0.15, 0.2) is 24.3 Å². The van der Waals surface area contributed by atoms with Gasteiger partial charge in [-0.2, -0.15) is 0 Å². The Labute approximate surface area is 133 Å². The number of carbonyl (C=O) groups is 1. The smallest absolute Gasteiger partial charge is 0.220 e. The van der Waals surface area contributed by atoms with E-state index in [9.17, 15) is 4.79 Å². The third kappa shape index (κ3) is 9.32. The Bertz CT molecular complexity index is 422. The predicted molar refractivity (Wildman–Crippen MR) is 88.8 cm³/mol. The minimum atomic E-state index is 0. The number of carbonyl (C=O) groups excluding carboxylic acids is 1. The highest BCUT2D eigenvalue weighted by Crippen LogP contribution is 2.14. The number of halogens is 1. The Kier molecular flexibility index (Phi) is 9.84. The lowest BCUT2D eigenvalue weighted by molar-refractivity contribution is -0.121. The van der Waals surface area contributed by atoms with Crippen LogP contribution >= 0.6 is 12.4 Å². The summed E-state index contributed by atoms with van der Waals surface area (Å²) >= 11 is 0. The fourth-order valence-corrected chi connectivity index (χ4v) is 1.66. The molecule has 21 heavy (non-hydrogen) atoms. The van der Waals surface area contributed by atoms with Crippen molar-refractivity contribution in [1.82, 2.24) is 5.32 Å². The normalized spacial score (nSPS) is 11.7. The lowest BCUT2D eigenvalue weighted by Gasteiger charge is -2.11. The van der Waals surface area contributed by atoms with Crippen molar-refractivity contribution in [2.75, 3.05) is 6.61 Å². The number of hydrogen-bond donors (Lipinski definition) is 2. The quantitative estimate of drug-likeness (QED) is 0.775. The molecule has 1 unspecified atom stereocenters. The summed E-state index contributed by atoms with van der Waals surface area (Å²) in [6.07, 6.45) is 1.19. The zero-order valence-corrected chi connectivity index (χ0v) is 13.9. The van der Waals surface area contributed by atoms with Crippen LogP contribution in [0.2, 0.25) is 0 Å². The first-order valence-corrected chi connectivity index (χ1v) is 7.21. The van der Waals surface area contributed by atoms with Crippen molar-refractivity contribution in [2.24, 2.45) is 11.7 Å². The molecule has 0 fully saturated rings. The maximum absolute atomic E-state index is 11.6. The van der Waals surface area contributed by atoms with Gasteiger partial charge in [-0.15, -0.1) is 12.4 Å². The van der Waals surface area contributed by atoms with Crippen molar-refractivity contribution < 1.29 is 9.53 Å². The molecule has 1 aromatic carbocycles. The number of nitrogens with two attached hydrogens (primary N) is 1. The maximum atomic E-state index is 11.6. The molecule has 120 valence electrons. The van der Waals surface area contributed by atoms with Crippen LogP contribution in [-0.2, 0) is 11.3 Å². The molecule has 3 N–H and O–H groups in total. The van der Waals surface area contributed by atoms with Gasteiger partial charge in [0.2, 0.25) is 5.91 Å². The van der Waals surface area contributed by atoms with E-state index in [0.717, 1.165) is 11.3 Å². The fourth-order valence-electron chi connectivity index (χ4n) is 1.66. The minimum Gasteiger partial charge on any atom is -0.493 e. The Morgan fingerprint density at radius 2 is 2.05 bits per heavy atom. The van der Waals surface area contributed by atoms with Crippen molar-refractivity contribution in [3.05, 3.63) is 29.8 Å². The summed E-state index contributed by atoms with van der Waals surface area (Å²) in [5.74, 6) is 1.38. The van der Waals surface area contributed by atoms with Gasteiger partial charge in [0.15, 0.2) is 0 Å². The number of amides is 1. The SMILES string of the molecule is CC(C)COc1cccc(CNC(=O)CCC(C)N)c1.Cl. The second-order valence-corrected chi connectivity index (χ2v) is 5.64. The molecular weight excluding hydrogens is 288 g/mol. The predicted octanol–water partition coefficient (Wildman–Crippen LogP) is 2.89. The monoisotopic (exact) mass is 314 g/mol. The Morgan fingerprint density at radius 3 is 2.67 bits per heavy atom. The van der Waals surface area contributed by atoms with Gasteiger partial charge in [0.1, 0.15) is 5.75 Å². The van der Waals surface area contributed by atoms with Gasteiger partial charge in [-0.1, -0.05) is 26.0 Å². The molecule has 5 heteroatoms. The zero-order valence-electron chi connectivity index (χ0n) is 13.1. The van der Waals surface area contributed by atoms with E-state index in [-0.39, 0.29) is 24.4 Å². The third-order valence-electron chi connectivity index (χ3n) is 2.80. The van der Waals surface area contributed by atoms with Crippen molar-refractivity contribution in [2.45, 2.75) is 46.2 Å². The maximum Gasteiger partial charge on any atom is 0.220 e. The molecule has 0 spiro atoms. The molecule has 4 nitrogen and oxygen atoms in total. The van der Waals surface area contributed by atoms with Gasteiger partial charge in [0, 0.05) is 19.0 Å². The van der Waals surface area contributed by atoms with Crippen LogP contribution in [0, 0.1) is 5.92 Å². The standard InChI is InChI=1S/C16H26N2O2.ClH/c1-12(2)11-20-15-6-4-5-14(9-15)10-18-16(19)8-7-13(3)17;/h4-6,9,12-13H,7-8,10-11,17H2,1-3H3,(H,18,19);1H. The Balaban J connectivity index is 0.00000400. The number of benzene rings is 1. The minimum absolute atomic E-state index is 0. The topological polar surface area (TPSA) is 64.3 Å². The Hall–Kier alpha value is -1.26. The molecule has 0 aromatic heterocycles. The summed E-state index contributed by atoms with van der Waals surface area (Å²) in [4.78, 5) is 11.6. The first-order chi connectivity index (χ1) is 9.47. The lowest BCUT2D eigenvalue weighted by Crippen LogP contribution is -2.25. The molecule has 0 bridgehead atoms. The van der Waals surface area contributed by atoms with E-state index >= 15 is 0 Å². The van der Waals surface area contributed by atoms with Crippen LogP contribution in [0.3, 0.4) is 0 Å². The van der Waals surface area contributed by atoms with Crippen LogP contribution in [0.25, 0.3) is 0 Å². The molecule has 0 saturated heterocycles. The highest BCUT2D eigenvalue weighted by atomic mass is 35.5. The van der Waals surface area contributed by atoms with Crippen LogP contribution < -0.4 is 15.8 Å². The molecule has 0 saturated carbocycles. The summed E-state index contributed by atoms with van der Waals surface area (Å²) in [5.41, 5.74) is 6.67. The fraction of sp³-hybridized carbons (Fsp3) is 0.562. The molecule has 0 aliphatic heterocycles. The molecular formula is C16H27ClN2O2. The van der Waals surface area contributed by atoms with Crippen LogP contribution in [-0.4, -0.2) is 18.6 Å². The summed E-state index contributed by atoms with van der Waals surface area (Å²) in [7, 11) is 0. The molecule has 0 aliphatic rings. The molecule has 0 aliphatic carbocycles. The van der Waals surface area contributed by atoms with E-state index in [1.54, 1.807) is 0 Å². The van der Waals surface area contributed by atoms with Crippen LogP contribution in [0.4, 0.5) is 0 Å². The van der Waals surface area contributed by atoms with Gasteiger partial charge in [0.25, 0.3) is 0 Å². The largest absolute Gasteiger partial charge is 0.493 e. The van der Waals surface area contributed by atoms with E-state index in [4.69, 9.17) is 10.5 Å². The van der Waals surface area contributed by atoms with E-state index in [0.29, 0.717) is 31.9 Å². The lowest BCUT2D eigenvalue weighted by atomic mass is 10.1. The van der Waals surface area contributed by atoms with Gasteiger partial charge < -0.3 is 15.8 Å². The highest BCUT2D eigenvalue weighted by molar-refractivity contribution is 5.85. The van der Waals surface area contributed by atoms with Crippen LogP contribution in [0.1, 0.15) is 39.2 Å². The van der Waals surface area contributed by atoms with Crippen molar-refractivity contribution >= 4 is 18.3 Å². The van der Waals surface area contributed by atoms with E-state index in [1.807, 2.05) is 31.2 Å². The average Bonchev–Trinajstić information content (AvgIpc) is 2.41. The van der Waals surface area contributed by atoms with E-state index in [1.165, 1.54) is 0 Å². The number of nitrogens with one attached hydrogen (secondary N) is 1. The number of hydrogen-bond acceptors (Lipinski definition) is 3. The highest BCUT2D eigenvalue weighted by Gasteiger charge is 2.04. The first-order valence-electron chi connectivity index (χ1n) is 7.21. The van der Waals surface area contributed by atoms with E-state index in [2.05, 4.69) is 19.2 Å². The zero-order chi connectivity index (χ0) is 15.0. The van der Waals surface area contributed by atoms with Gasteiger partial charge in [-0.05, 0) is 37.0 Å². The Morgan fingerprint density at radius 1 is 1.33 bits per heavy atom. The second-order valence-electron chi connectivity index (χ2n) is 5.64. The summed E-state index contributed by atoms with van der Waals surface area (Å²) < 4.78 is 5.66. The number of rotatable bonds is 8. The molecule has 1 aromatic rings. The van der Waals surface area contributed by atoms with Gasteiger partial charge in [-0.3, -0.25) is 4.79 Å². The van der Waals surface area contributed by atoms with Crippen LogP contribution in [0.5, 0.6) is 5.75 Å². The average molecular weight is 315 g/mol. The van der Waals surface area contributed by atoms with Gasteiger partial charge in [-0.25, -0.2) is 0 Å².